The van der Waals surface area contributed by atoms with Crippen molar-refractivity contribution in [3.05, 3.63) is 29.8 Å². The average molecular weight is 290 g/mol. The molecule has 1 aliphatic carbocycles. The van der Waals surface area contributed by atoms with E-state index in [4.69, 9.17) is 5.11 Å². The van der Waals surface area contributed by atoms with E-state index in [1.54, 1.807) is 18.2 Å². The normalized spacial score (nSPS) is 22.1. The molecule has 0 saturated heterocycles. The summed E-state index contributed by atoms with van der Waals surface area (Å²) in [5.74, 6) is -0.332. The third-order valence-corrected chi connectivity index (χ3v) is 4.00. The van der Waals surface area contributed by atoms with Crippen molar-refractivity contribution in [1.29, 1.82) is 0 Å². The van der Waals surface area contributed by atoms with Gasteiger partial charge in [-0.3, -0.25) is 0 Å². The number of carbonyl (C=O) groups is 2. The molecule has 0 radical (unpaired) electrons. The van der Waals surface area contributed by atoms with Crippen LogP contribution in [0.15, 0.2) is 24.3 Å². The Hall–Kier alpha value is -2.04. The topological polar surface area (TPSA) is 78.4 Å². The van der Waals surface area contributed by atoms with Crippen molar-refractivity contribution in [2.75, 3.05) is 5.32 Å². The maximum atomic E-state index is 12.0. The molecule has 3 N–H and O–H groups in total. The van der Waals surface area contributed by atoms with Gasteiger partial charge in [-0.05, 0) is 37.3 Å². The van der Waals surface area contributed by atoms with Crippen molar-refractivity contribution in [2.24, 2.45) is 5.92 Å². The maximum Gasteiger partial charge on any atom is 0.337 e. The van der Waals surface area contributed by atoms with E-state index in [0.29, 0.717) is 11.6 Å². The molecule has 2 amide bonds. The minimum absolute atomic E-state index is 0.0992. The summed E-state index contributed by atoms with van der Waals surface area (Å²) in [7, 11) is 0. The molecule has 21 heavy (non-hydrogen) atoms. The van der Waals surface area contributed by atoms with Gasteiger partial charge in [0.15, 0.2) is 0 Å². The second kappa shape index (κ2) is 7.11. The summed E-state index contributed by atoms with van der Waals surface area (Å²) >= 11 is 0. The first-order valence-corrected chi connectivity index (χ1v) is 7.46. The number of anilines is 1. The summed E-state index contributed by atoms with van der Waals surface area (Å²) in [6.07, 6.45) is 5.42. The largest absolute Gasteiger partial charge is 0.478 e. The monoisotopic (exact) mass is 290 g/mol. The lowest BCUT2D eigenvalue weighted by Crippen LogP contribution is -2.37. The lowest BCUT2D eigenvalue weighted by atomic mass is 10.0. The molecule has 1 aliphatic rings. The molecule has 5 nitrogen and oxygen atoms in total. The van der Waals surface area contributed by atoms with Gasteiger partial charge >= 0.3 is 12.0 Å². The molecule has 0 bridgehead atoms. The van der Waals surface area contributed by atoms with E-state index >= 15 is 0 Å². The highest BCUT2D eigenvalue weighted by atomic mass is 16.4. The molecular formula is C16H22N2O3. The van der Waals surface area contributed by atoms with E-state index in [1.165, 1.54) is 12.5 Å². The number of hydrogen-bond acceptors (Lipinski definition) is 2. The molecule has 1 saturated carbocycles. The molecule has 2 unspecified atom stereocenters. The Morgan fingerprint density at radius 1 is 1.14 bits per heavy atom. The van der Waals surface area contributed by atoms with E-state index in [2.05, 4.69) is 17.6 Å². The van der Waals surface area contributed by atoms with Crippen LogP contribution >= 0.6 is 0 Å². The van der Waals surface area contributed by atoms with Gasteiger partial charge < -0.3 is 15.7 Å². The lowest BCUT2D eigenvalue weighted by Gasteiger charge is -2.17. The van der Waals surface area contributed by atoms with Crippen LogP contribution in [0.5, 0.6) is 0 Å². The predicted octanol–water partition coefficient (Wildman–Crippen LogP) is 3.48. The summed E-state index contributed by atoms with van der Waals surface area (Å²) < 4.78 is 0. The zero-order chi connectivity index (χ0) is 15.2. The molecule has 0 aromatic heterocycles. The van der Waals surface area contributed by atoms with Gasteiger partial charge in [-0.25, -0.2) is 9.59 Å². The minimum Gasteiger partial charge on any atom is -0.478 e. The summed E-state index contributed by atoms with van der Waals surface area (Å²) in [4.78, 5) is 23.1. The Balaban J connectivity index is 1.94. The Morgan fingerprint density at radius 3 is 2.67 bits per heavy atom. The van der Waals surface area contributed by atoms with E-state index < -0.39 is 5.97 Å². The maximum absolute atomic E-state index is 12.0. The van der Waals surface area contributed by atoms with Crippen molar-refractivity contribution in [3.63, 3.8) is 0 Å². The van der Waals surface area contributed by atoms with Crippen molar-refractivity contribution in [3.8, 4) is 0 Å². The second-order valence-corrected chi connectivity index (χ2v) is 5.76. The zero-order valence-corrected chi connectivity index (χ0v) is 12.3. The number of para-hydroxylation sites is 1. The van der Waals surface area contributed by atoms with E-state index in [0.717, 1.165) is 25.7 Å². The lowest BCUT2D eigenvalue weighted by molar-refractivity contribution is 0.0698. The highest BCUT2D eigenvalue weighted by Crippen LogP contribution is 2.22. The Labute approximate surface area is 124 Å². The van der Waals surface area contributed by atoms with Crippen molar-refractivity contribution < 1.29 is 14.7 Å². The number of amides is 2. The van der Waals surface area contributed by atoms with E-state index in [1.807, 2.05) is 0 Å². The first kappa shape index (κ1) is 15.4. The number of nitrogens with one attached hydrogen (secondary N) is 2. The predicted molar refractivity (Wildman–Crippen MR) is 81.6 cm³/mol. The fraction of sp³-hybridized carbons (Fsp3) is 0.500. The Morgan fingerprint density at radius 2 is 1.90 bits per heavy atom. The van der Waals surface area contributed by atoms with Crippen LogP contribution in [0, 0.1) is 5.92 Å². The molecule has 1 aromatic carbocycles. The van der Waals surface area contributed by atoms with Crippen LogP contribution < -0.4 is 10.6 Å². The Kier molecular flexibility index (Phi) is 5.20. The average Bonchev–Trinajstić information content (AvgIpc) is 2.64. The van der Waals surface area contributed by atoms with Gasteiger partial charge in [0.1, 0.15) is 0 Å². The van der Waals surface area contributed by atoms with Crippen LogP contribution in [0.1, 0.15) is 49.4 Å². The fourth-order valence-electron chi connectivity index (χ4n) is 2.75. The smallest absolute Gasteiger partial charge is 0.337 e. The summed E-state index contributed by atoms with van der Waals surface area (Å²) in [5.41, 5.74) is 0.423. The molecule has 0 heterocycles. The fourth-order valence-corrected chi connectivity index (χ4v) is 2.75. The van der Waals surface area contributed by atoms with Crippen LogP contribution in [0.4, 0.5) is 10.5 Å². The van der Waals surface area contributed by atoms with Gasteiger partial charge in [0.25, 0.3) is 0 Å². The molecule has 114 valence electrons. The van der Waals surface area contributed by atoms with Gasteiger partial charge in [0.05, 0.1) is 11.3 Å². The number of hydrogen-bond donors (Lipinski definition) is 3. The van der Waals surface area contributed by atoms with Gasteiger partial charge in [-0.1, -0.05) is 31.9 Å². The molecule has 0 aliphatic heterocycles. The van der Waals surface area contributed by atoms with Crippen LogP contribution in [0.25, 0.3) is 0 Å². The van der Waals surface area contributed by atoms with Gasteiger partial charge in [-0.2, -0.15) is 0 Å². The van der Waals surface area contributed by atoms with Crippen molar-refractivity contribution in [1.82, 2.24) is 5.32 Å². The van der Waals surface area contributed by atoms with E-state index in [-0.39, 0.29) is 17.6 Å². The van der Waals surface area contributed by atoms with Crippen molar-refractivity contribution >= 4 is 17.7 Å². The van der Waals surface area contributed by atoms with Gasteiger partial charge in [-0.15, -0.1) is 0 Å². The number of carbonyl (C=O) groups excluding carboxylic acids is 1. The summed E-state index contributed by atoms with van der Waals surface area (Å²) in [6, 6.07) is 6.26. The molecule has 1 aromatic rings. The molecule has 5 heteroatoms. The van der Waals surface area contributed by atoms with Gasteiger partial charge in [0.2, 0.25) is 0 Å². The summed E-state index contributed by atoms with van der Waals surface area (Å²) in [6.45, 7) is 2.24. The van der Waals surface area contributed by atoms with Crippen LogP contribution in [-0.2, 0) is 0 Å². The van der Waals surface area contributed by atoms with E-state index in [9.17, 15) is 9.59 Å². The van der Waals surface area contributed by atoms with Crippen LogP contribution in [0.2, 0.25) is 0 Å². The second-order valence-electron chi connectivity index (χ2n) is 5.76. The first-order valence-electron chi connectivity index (χ1n) is 7.46. The quantitative estimate of drug-likeness (QED) is 0.746. The summed E-state index contributed by atoms with van der Waals surface area (Å²) in [5, 5.41) is 14.7. The number of aromatic carboxylic acids is 1. The number of rotatable bonds is 3. The Bertz CT molecular complexity index is 516. The van der Waals surface area contributed by atoms with Gasteiger partial charge in [0, 0.05) is 6.04 Å². The van der Waals surface area contributed by atoms with Crippen LogP contribution in [-0.4, -0.2) is 23.1 Å². The molecule has 0 spiro atoms. The first-order chi connectivity index (χ1) is 10.1. The third kappa shape index (κ3) is 4.48. The number of carboxylic acids is 1. The van der Waals surface area contributed by atoms with Crippen LogP contribution in [0.3, 0.4) is 0 Å². The zero-order valence-electron chi connectivity index (χ0n) is 12.3. The standard InChI is InChI=1S/C16H22N2O3/c1-11-5-4-6-12(10-9-11)17-16(21)18-14-8-3-2-7-13(14)15(19)20/h2-3,7-8,11-12H,4-6,9-10H2,1H3,(H,19,20)(H2,17,18,21). The minimum atomic E-state index is -1.05. The number of urea groups is 1. The number of benzene rings is 1. The highest BCUT2D eigenvalue weighted by Gasteiger charge is 2.18. The third-order valence-electron chi connectivity index (χ3n) is 4.00. The van der Waals surface area contributed by atoms with Crippen molar-refractivity contribution in [2.45, 2.75) is 45.1 Å². The highest BCUT2D eigenvalue weighted by molar-refractivity contribution is 5.99. The molecule has 2 atom stereocenters. The number of carboxylic acid groups (broad SMARTS) is 1. The molecule has 2 rings (SSSR count). The molecular weight excluding hydrogens is 268 g/mol. The SMILES string of the molecule is CC1CCCC(NC(=O)Nc2ccccc2C(=O)O)CC1. The molecule has 1 fully saturated rings.